The summed E-state index contributed by atoms with van der Waals surface area (Å²) in [6, 6.07) is 8.69. The molecule has 1 aromatic rings. The van der Waals surface area contributed by atoms with Crippen LogP contribution in [-0.4, -0.2) is 18.4 Å². The van der Waals surface area contributed by atoms with Gasteiger partial charge in [-0.05, 0) is 31.4 Å². The Morgan fingerprint density at radius 2 is 1.83 bits per heavy atom. The normalized spacial score (nSPS) is 12.6. The second-order valence-electron chi connectivity index (χ2n) is 5.36. The zero-order valence-corrected chi connectivity index (χ0v) is 13.8. The first-order valence-electron chi connectivity index (χ1n) is 8.29. The molecule has 0 amide bonds. The molecule has 0 spiro atoms. The molecule has 0 aromatic heterocycles. The molecule has 3 nitrogen and oxygen atoms in total. The summed E-state index contributed by atoms with van der Waals surface area (Å²) in [6.07, 6.45) is 14.2. The molecule has 0 saturated carbocycles. The van der Waals surface area contributed by atoms with Crippen LogP contribution in [0.1, 0.15) is 55.8 Å². The van der Waals surface area contributed by atoms with Crippen molar-refractivity contribution in [3.05, 3.63) is 60.2 Å². The van der Waals surface area contributed by atoms with E-state index in [0.717, 1.165) is 12.8 Å². The van der Waals surface area contributed by atoms with E-state index in [-0.39, 0.29) is 0 Å². The van der Waals surface area contributed by atoms with E-state index in [2.05, 4.69) is 19.1 Å². The van der Waals surface area contributed by atoms with Gasteiger partial charge >= 0.3 is 5.97 Å². The quantitative estimate of drug-likeness (QED) is 0.253. The lowest BCUT2D eigenvalue weighted by molar-refractivity contribution is -0.115. The molecular weight excluding hydrogens is 288 g/mol. The molecule has 0 aliphatic carbocycles. The van der Waals surface area contributed by atoms with Gasteiger partial charge in [-0.15, -0.1) is 0 Å². The summed E-state index contributed by atoms with van der Waals surface area (Å²) in [4.78, 5) is 22.9. The van der Waals surface area contributed by atoms with Crippen LogP contribution in [0.5, 0.6) is 0 Å². The van der Waals surface area contributed by atoms with Gasteiger partial charge in [0.1, 0.15) is 0 Å². The molecule has 1 aromatic carbocycles. The summed E-state index contributed by atoms with van der Waals surface area (Å²) in [5.74, 6) is -0.466. The van der Waals surface area contributed by atoms with Crippen molar-refractivity contribution in [3.63, 3.8) is 0 Å². The SMILES string of the molecule is CCCCC/C=C\C/C=C\CC(C=O)OC(=O)c1ccccc1. The first-order valence-corrected chi connectivity index (χ1v) is 8.29. The van der Waals surface area contributed by atoms with Crippen LogP contribution in [0.2, 0.25) is 0 Å². The molecule has 0 aliphatic heterocycles. The Morgan fingerprint density at radius 1 is 1.09 bits per heavy atom. The van der Waals surface area contributed by atoms with Crippen LogP contribution in [0.15, 0.2) is 54.6 Å². The largest absolute Gasteiger partial charge is 0.451 e. The summed E-state index contributed by atoms with van der Waals surface area (Å²) in [5, 5.41) is 0. The van der Waals surface area contributed by atoms with E-state index in [1.54, 1.807) is 24.3 Å². The highest BCUT2D eigenvalue weighted by Crippen LogP contribution is 2.06. The Morgan fingerprint density at radius 3 is 2.52 bits per heavy atom. The molecule has 124 valence electrons. The molecule has 0 saturated heterocycles. The minimum absolute atomic E-state index is 0.408. The number of ether oxygens (including phenoxy) is 1. The van der Waals surface area contributed by atoms with Gasteiger partial charge in [0.2, 0.25) is 0 Å². The Bertz CT molecular complexity index is 503. The number of aldehydes is 1. The smallest absolute Gasteiger partial charge is 0.338 e. The third kappa shape index (κ3) is 8.77. The first-order chi connectivity index (χ1) is 11.3. The van der Waals surface area contributed by atoms with Gasteiger partial charge < -0.3 is 4.74 Å². The van der Waals surface area contributed by atoms with Crippen LogP contribution in [0, 0.1) is 0 Å². The molecule has 1 unspecified atom stereocenters. The molecule has 0 bridgehead atoms. The van der Waals surface area contributed by atoms with Gasteiger partial charge in [0.25, 0.3) is 0 Å². The van der Waals surface area contributed by atoms with Gasteiger partial charge in [0.05, 0.1) is 5.56 Å². The van der Waals surface area contributed by atoms with E-state index in [4.69, 9.17) is 4.74 Å². The van der Waals surface area contributed by atoms with E-state index in [1.165, 1.54) is 19.3 Å². The van der Waals surface area contributed by atoms with Crippen molar-refractivity contribution in [3.8, 4) is 0 Å². The number of esters is 1. The lowest BCUT2D eigenvalue weighted by atomic mass is 10.2. The maximum absolute atomic E-state index is 11.9. The van der Waals surface area contributed by atoms with Crippen molar-refractivity contribution in [2.45, 2.75) is 51.6 Å². The average molecular weight is 314 g/mol. The molecule has 0 N–H and O–H groups in total. The van der Waals surface area contributed by atoms with Crippen LogP contribution < -0.4 is 0 Å². The Balaban J connectivity index is 2.27. The van der Waals surface area contributed by atoms with Gasteiger partial charge in [-0.25, -0.2) is 4.79 Å². The van der Waals surface area contributed by atoms with Crippen LogP contribution in [-0.2, 0) is 9.53 Å². The topological polar surface area (TPSA) is 43.4 Å². The van der Waals surface area contributed by atoms with E-state index < -0.39 is 12.1 Å². The third-order valence-corrected chi connectivity index (χ3v) is 3.37. The van der Waals surface area contributed by atoms with Gasteiger partial charge in [-0.3, -0.25) is 4.79 Å². The van der Waals surface area contributed by atoms with Crippen molar-refractivity contribution < 1.29 is 14.3 Å². The fourth-order valence-electron chi connectivity index (χ4n) is 2.04. The number of benzene rings is 1. The van der Waals surface area contributed by atoms with E-state index in [9.17, 15) is 9.59 Å². The van der Waals surface area contributed by atoms with Gasteiger partial charge in [-0.2, -0.15) is 0 Å². The van der Waals surface area contributed by atoms with Gasteiger partial charge in [0.15, 0.2) is 12.4 Å². The summed E-state index contributed by atoms with van der Waals surface area (Å²) < 4.78 is 5.18. The Hall–Kier alpha value is -2.16. The number of allylic oxidation sites excluding steroid dienone is 3. The number of unbranched alkanes of at least 4 members (excludes halogenated alkanes) is 3. The summed E-state index contributed by atoms with van der Waals surface area (Å²) >= 11 is 0. The van der Waals surface area contributed by atoms with E-state index in [0.29, 0.717) is 18.3 Å². The minimum Gasteiger partial charge on any atom is -0.451 e. The third-order valence-electron chi connectivity index (χ3n) is 3.37. The average Bonchev–Trinajstić information content (AvgIpc) is 2.59. The van der Waals surface area contributed by atoms with E-state index >= 15 is 0 Å². The molecular formula is C20H26O3. The molecule has 0 heterocycles. The minimum atomic E-state index is -0.729. The highest BCUT2D eigenvalue weighted by atomic mass is 16.5. The lowest BCUT2D eigenvalue weighted by Gasteiger charge is -2.09. The highest BCUT2D eigenvalue weighted by molar-refractivity contribution is 5.90. The zero-order chi connectivity index (χ0) is 16.8. The lowest BCUT2D eigenvalue weighted by Crippen LogP contribution is -2.19. The highest BCUT2D eigenvalue weighted by Gasteiger charge is 2.13. The van der Waals surface area contributed by atoms with Crippen LogP contribution in [0.3, 0.4) is 0 Å². The summed E-state index contributed by atoms with van der Waals surface area (Å²) in [6.45, 7) is 2.19. The molecule has 0 aliphatic rings. The summed E-state index contributed by atoms with van der Waals surface area (Å²) in [7, 11) is 0. The Kier molecular flexibility index (Phi) is 10.2. The number of carbonyl (C=O) groups is 2. The van der Waals surface area contributed by atoms with Gasteiger partial charge in [-0.1, -0.05) is 62.3 Å². The fourth-order valence-corrected chi connectivity index (χ4v) is 2.04. The predicted octanol–water partition coefficient (Wildman–Crippen LogP) is 4.88. The standard InChI is InChI=1S/C20H26O3/c1-2-3-4-5-6-7-8-9-13-16-19(17-21)23-20(22)18-14-11-10-12-15-18/h6-7,9-15,17,19H,2-5,8,16H2,1H3/b7-6-,13-9-. The number of carbonyl (C=O) groups excluding carboxylic acids is 2. The number of rotatable bonds is 11. The van der Waals surface area contributed by atoms with Crippen molar-refractivity contribution in [2.24, 2.45) is 0 Å². The zero-order valence-electron chi connectivity index (χ0n) is 13.8. The van der Waals surface area contributed by atoms with Crippen LogP contribution >= 0.6 is 0 Å². The molecule has 1 rings (SSSR count). The Labute approximate surface area is 139 Å². The maximum Gasteiger partial charge on any atom is 0.338 e. The number of hydrogen-bond donors (Lipinski definition) is 0. The van der Waals surface area contributed by atoms with E-state index in [1.807, 2.05) is 18.2 Å². The molecule has 23 heavy (non-hydrogen) atoms. The number of hydrogen-bond acceptors (Lipinski definition) is 3. The monoisotopic (exact) mass is 314 g/mol. The van der Waals surface area contributed by atoms with Crippen molar-refractivity contribution in [1.82, 2.24) is 0 Å². The first kappa shape index (κ1) is 18.9. The molecule has 1 atom stereocenters. The summed E-state index contributed by atoms with van der Waals surface area (Å²) in [5.41, 5.74) is 0.457. The fraction of sp³-hybridized carbons (Fsp3) is 0.400. The van der Waals surface area contributed by atoms with Crippen LogP contribution in [0.25, 0.3) is 0 Å². The second kappa shape index (κ2) is 12.4. The molecule has 3 heteroatoms. The maximum atomic E-state index is 11.9. The molecule has 0 radical (unpaired) electrons. The van der Waals surface area contributed by atoms with Gasteiger partial charge in [0, 0.05) is 6.42 Å². The van der Waals surface area contributed by atoms with Crippen LogP contribution in [0.4, 0.5) is 0 Å². The van der Waals surface area contributed by atoms with Crippen molar-refractivity contribution in [2.75, 3.05) is 0 Å². The molecule has 0 fully saturated rings. The van der Waals surface area contributed by atoms with Crippen molar-refractivity contribution in [1.29, 1.82) is 0 Å². The van der Waals surface area contributed by atoms with Crippen molar-refractivity contribution >= 4 is 12.3 Å². The predicted molar refractivity (Wildman–Crippen MR) is 93.4 cm³/mol. The second-order valence-corrected chi connectivity index (χ2v) is 5.36.